The molecule has 0 radical (unpaired) electrons. The molecular weight excluding hydrogens is 381 g/mol. The lowest BCUT2D eigenvalue weighted by molar-refractivity contribution is 0.0627. The molecule has 1 atom stereocenters. The third kappa shape index (κ3) is 4.05. The molecule has 8 heteroatoms. The summed E-state index contributed by atoms with van der Waals surface area (Å²) in [4.78, 5) is 14.8. The van der Waals surface area contributed by atoms with Crippen LogP contribution in [0.15, 0.2) is 54.7 Å². The summed E-state index contributed by atoms with van der Waals surface area (Å²) >= 11 is 0. The lowest BCUT2D eigenvalue weighted by atomic mass is 10.0. The van der Waals surface area contributed by atoms with Crippen LogP contribution in [0.5, 0.6) is 0 Å². The highest BCUT2D eigenvalue weighted by atomic mass is 35.5. The van der Waals surface area contributed by atoms with E-state index in [1.165, 1.54) is 12.1 Å². The van der Waals surface area contributed by atoms with Crippen LogP contribution in [-0.4, -0.2) is 45.4 Å². The summed E-state index contributed by atoms with van der Waals surface area (Å²) in [7, 11) is 0. The average Bonchev–Trinajstić information content (AvgIpc) is 3.18. The molecule has 1 aliphatic heterocycles. The largest absolute Gasteiger partial charge is 0.328 e. The molecule has 1 aromatic heterocycles. The van der Waals surface area contributed by atoms with Crippen LogP contribution in [0, 0.1) is 12.7 Å². The molecule has 0 bridgehead atoms. The zero-order valence-electron chi connectivity index (χ0n) is 15.4. The quantitative estimate of drug-likeness (QED) is 0.733. The van der Waals surface area contributed by atoms with Gasteiger partial charge in [0.05, 0.1) is 17.9 Å². The van der Waals surface area contributed by atoms with Gasteiger partial charge in [-0.15, -0.1) is 17.5 Å². The molecule has 2 aromatic carbocycles. The van der Waals surface area contributed by atoms with Gasteiger partial charge in [-0.05, 0) is 36.8 Å². The number of aryl methyl sites for hydroxylation is 1. The Bertz CT molecular complexity index is 959. The molecule has 6 nitrogen and oxygen atoms in total. The van der Waals surface area contributed by atoms with Crippen molar-refractivity contribution in [2.75, 3.05) is 19.6 Å². The number of benzene rings is 2. The van der Waals surface area contributed by atoms with Gasteiger partial charge in [0.2, 0.25) is 0 Å². The molecule has 1 unspecified atom stereocenters. The Balaban J connectivity index is 0.00000225. The van der Waals surface area contributed by atoms with E-state index in [9.17, 15) is 9.18 Å². The number of amides is 1. The maximum absolute atomic E-state index is 13.6. The summed E-state index contributed by atoms with van der Waals surface area (Å²) < 4.78 is 15.2. The zero-order chi connectivity index (χ0) is 18.8. The average molecular weight is 402 g/mol. The number of nitrogens with one attached hydrogen (secondary N) is 1. The molecule has 0 aliphatic carbocycles. The molecule has 146 valence electrons. The van der Waals surface area contributed by atoms with E-state index in [1.807, 2.05) is 37.3 Å². The number of hydrogen-bond donors (Lipinski definition) is 1. The smallest absolute Gasteiger partial charge is 0.276 e. The first-order chi connectivity index (χ1) is 13.1. The van der Waals surface area contributed by atoms with Gasteiger partial charge in [-0.2, -0.15) is 0 Å². The summed E-state index contributed by atoms with van der Waals surface area (Å²) in [5.74, 6) is -0.514. The molecule has 1 amide bonds. The van der Waals surface area contributed by atoms with Crippen LogP contribution in [-0.2, 0) is 0 Å². The number of rotatable bonds is 3. The van der Waals surface area contributed by atoms with Gasteiger partial charge in [0.1, 0.15) is 5.82 Å². The summed E-state index contributed by atoms with van der Waals surface area (Å²) in [6.45, 7) is 3.79. The fraction of sp³-hybridized carbons (Fsp3) is 0.250. The number of carbonyl (C=O) groups is 1. The summed E-state index contributed by atoms with van der Waals surface area (Å²) in [6, 6.07) is 14.0. The van der Waals surface area contributed by atoms with Crippen molar-refractivity contribution in [3.63, 3.8) is 0 Å². The van der Waals surface area contributed by atoms with E-state index >= 15 is 0 Å². The van der Waals surface area contributed by atoms with Crippen LogP contribution in [0.3, 0.4) is 0 Å². The number of piperazine rings is 1. The van der Waals surface area contributed by atoms with Crippen molar-refractivity contribution in [2.24, 2.45) is 0 Å². The number of aromatic nitrogens is 3. The fourth-order valence-corrected chi connectivity index (χ4v) is 3.29. The van der Waals surface area contributed by atoms with Gasteiger partial charge in [-0.25, -0.2) is 9.07 Å². The first-order valence-corrected chi connectivity index (χ1v) is 8.88. The standard InChI is InChI=1S/C20H20FN5O.ClH/c1-14-5-7-17(8-6-14)26-13-18(23-24-26)20(27)25-10-9-22-12-19(25)15-3-2-4-16(21)11-15;/h2-8,11,13,19,22H,9-10,12H2,1H3;1H. The first kappa shape index (κ1) is 20.0. The predicted molar refractivity (Wildman–Crippen MR) is 106 cm³/mol. The van der Waals surface area contributed by atoms with Crippen LogP contribution in [0.25, 0.3) is 5.69 Å². The third-order valence-electron chi connectivity index (χ3n) is 4.75. The summed E-state index contributed by atoms with van der Waals surface area (Å²) in [5, 5.41) is 11.4. The van der Waals surface area contributed by atoms with Gasteiger partial charge in [0.15, 0.2) is 5.69 Å². The minimum absolute atomic E-state index is 0. The van der Waals surface area contributed by atoms with E-state index in [4.69, 9.17) is 0 Å². The first-order valence-electron chi connectivity index (χ1n) is 8.88. The normalized spacial score (nSPS) is 16.5. The Hall–Kier alpha value is -2.77. The fourth-order valence-electron chi connectivity index (χ4n) is 3.29. The SMILES string of the molecule is Cc1ccc(-n2cc(C(=O)N3CCNCC3c3cccc(F)c3)nn2)cc1.Cl. The Morgan fingerprint density at radius 1 is 1.21 bits per heavy atom. The number of hydrogen-bond acceptors (Lipinski definition) is 4. The molecule has 4 rings (SSSR count). The van der Waals surface area contributed by atoms with E-state index in [1.54, 1.807) is 21.8 Å². The van der Waals surface area contributed by atoms with Crippen LogP contribution >= 0.6 is 12.4 Å². The number of carbonyl (C=O) groups excluding carboxylic acids is 1. The molecule has 1 saturated heterocycles. The second-order valence-electron chi connectivity index (χ2n) is 6.66. The number of nitrogens with zero attached hydrogens (tertiary/aromatic N) is 4. The van der Waals surface area contributed by atoms with E-state index in [0.717, 1.165) is 16.8 Å². The molecule has 1 aliphatic rings. The zero-order valence-corrected chi connectivity index (χ0v) is 16.2. The number of halogens is 2. The Morgan fingerprint density at radius 3 is 2.75 bits per heavy atom. The second kappa shape index (κ2) is 8.50. The molecule has 0 spiro atoms. The topological polar surface area (TPSA) is 63.1 Å². The molecular formula is C20H21ClFN5O. The van der Waals surface area contributed by atoms with Crippen molar-refractivity contribution in [1.29, 1.82) is 0 Å². The molecule has 28 heavy (non-hydrogen) atoms. The monoisotopic (exact) mass is 401 g/mol. The maximum atomic E-state index is 13.6. The summed E-state index contributed by atoms with van der Waals surface area (Å²) in [6.07, 6.45) is 1.64. The van der Waals surface area contributed by atoms with Gasteiger partial charge in [-0.1, -0.05) is 35.0 Å². The van der Waals surface area contributed by atoms with Gasteiger partial charge < -0.3 is 10.2 Å². The minimum Gasteiger partial charge on any atom is -0.328 e. The van der Waals surface area contributed by atoms with Gasteiger partial charge >= 0.3 is 0 Å². The lowest BCUT2D eigenvalue weighted by Gasteiger charge is -2.36. The van der Waals surface area contributed by atoms with Crippen LogP contribution in [0.1, 0.15) is 27.7 Å². The van der Waals surface area contributed by atoms with Gasteiger partial charge in [0, 0.05) is 19.6 Å². The van der Waals surface area contributed by atoms with Crippen molar-refractivity contribution >= 4 is 18.3 Å². The van der Waals surface area contributed by atoms with Gasteiger partial charge in [-0.3, -0.25) is 4.79 Å². The summed E-state index contributed by atoms with van der Waals surface area (Å²) in [5.41, 5.74) is 3.03. The van der Waals surface area contributed by atoms with Crippen molar-refractivity contribution in [1.82, 2.24) is 25.2 Å². The lowest BCUT2D eigenvalue weighted by Crippen LogP contribution is -2.48. The molecule has 1 N–H and O–H groups in total. The van der Waals surface area contributed by atoms with Crippen molar-refractivity contribution in [2.45, 2.75) is 13.0 Å². The molecule has 0 saturated carbocycles. The molecule has 2 heterocycles. The van der Waals surface area contributed by atoms with Crippen molar-refractivity contribution in [3.05, 3.63) is 77.4 Å². The Morgan fingerprint density at radius 2 is 2.00 bits per heavy atom. The molecule has 1 fully saturated rings. The highest BCUT2D eigenvalue weighted by molar-refractivity contribution is 5.92. The highest BCUT2D eigenvalue weighted by Gasteiger charge is 2.30. The second-order valence-corrected chi connectivity index (χ2v) is 6.66. The molecule has 3 aromatic rings. The van der Waals surface area contributed by atoms with E-state index < -0.39 is 0 Å². The van der Waals surface area contributed by atoms with Crippen LogP contribution in [0.4, 0.5) is 4.39 Å². The van der Waals surface area contributed by atoms with Crippen molar-refractivity contribution in [3.8, 4) is 5.69 Å². The van der Waals surface area contributed by atoms with E-state index in [2.05, 4.69) is 15.6 Å². The van der Waals surface area contributed by atoms with Crippen molar-refractivity contribution < 1.29 is 9.18 Å². The minimum atomic E-state index is -0.309. The highest BCUT2D eigenvalue weighted by Crippen LogP contribution is 2.24. The van der Waals surface area contributed by atoms with Crippen LogP contribution < -0.4 is 5.32 Å². The third-order valence-corrected chi connectivity index (χ3v) is 4.75. The van der Waals surface area contributed by atoms with E-state index in [0.29, 0.717) is 19.6 Å². The van der Waals surface area contributed by atoms with Gasteiger partial charge in [0.25, 0.3) is 5.91 Å². The Labute approximate surface area is 168 Å². The van der Waals surface area contributed by atoms with Crippen LogP contribution in [0.2, 0.25) is 0 Å². The maximum Gasteiger partial charge on any atom is 0.276 e. The predicted octanol–water partition coefficient (Wildman–Crippen LogP) is 2.92. The van der Waals surface area contributed by atoms with E-state index in [-0.39, 0.29) is 35.9 Å². The Kier molecular flexibility index (Phi) is 6.06.